The lowest BCUT2D eigenvalue weighted by atomic mass is 10.1. The van der Waals surface area contributed by atoms with Gasteiger partial charge in [0.15, 0.2) is 0 Å². The van der Waals surface area contributed by atoms with Gasteiger partial charge in [0.1, 0.15) is 16.1 Å². The maximum Gasteiger partial charge on any atom is 0.328 e. The molecule has 1 saturated heterocycles. The molecule has 0 unspecified atom stereocenters. The number of hydrogen-bond donors (Lipinski definition) is 4. The van der Waals surface area contributed by atoms with E-state index >= 15 is 0 Å². The number of thiophene rings is 1. The molecule has 0 bridgehead atoms. The Kier molecular flexibility index (Phi) is 12.2. The fourth-order valence-electron chi connectivity index (χ4n) is 3.71. The molecule has 4 N–H and O–H groups in total. The van der Waals surface area contributed by atoms with Crippen LogP contribution in [0.1, 0.15) is 63.4 Å². The highest BCUT2D eigenvalue weighted by Gasteiger charge is 2.23. The van der Waals surface area contributed by atoms with Crippen molar-refractivity contribution in [1.29, 1.82) is 0 Å². The number of rotatable bonds is 8. The highest BCUT2D eigenvalue weighted by atomic mass is 32.1. The fraction of sp³-hybridized carbons (Fsp3) is 0.500. The molecule has 2 aromatic rings. The molecular formula is C24H35N3O7S. The van der Waals surface area contributed by atoms with Crippen LogP contribution in [-0.4, -0.2) is 68.8 Å². The van der Waals surface area contributed by atoms with Crippen LogP contribution in [0.5, 0.6) is 5.75 Å². The number of aromatic hydroxyl groups is 1. The predicted molar refractivity (Wildman–Crippen MR) is 137 cm³/mol. The van der Waals surface area contributed by atoms with E-state index in [1.807, 2.05) is 19.2 Å². The van der Waals surface area contributed by atoms with Gasteiger partial charge in [-0.2, -0.15) is 0 Å². The van der Waals surface area contributed by atoms with Crippen LogP contribution in [0.2, 0.25) is 0 Å². The Hall–Kier alpha value is -3.18. The van der Waals surface area contributed by atoms with E-state index in [9.17, 15) is 24.3 Å². The standard InChI is InChI=1S/C19H27N3O3S.C4H4O4.CH4/c1-13(2)22-18(25)15(16(23)14-7-12-26-19(14)22)17(24)20-8-6-11-21-9-4-3-5-10-21;5-3(6)1-2-4(7)8;/h7,12-13,23H,3-6,8-11H2,1-2H3,(H,20,24);1-2H,(H,5,6)(H,7,8);1H4/b;2-1-;. The topological polar surface area (TPSA) is 149 Å². The second-order valence-electron chi connectivity index (χ2n) is 8.15. The summed E-state index contributed by atoms with van der Waals surface area (Å²) in [6, 6.07) is 1.66. The van der Waals surface area contributed by atoms with E-state index in [2.05, 4.69) is 10.2 Å². The molecule has 0 atom stereocenters. The van der Waals surface area contributed by atoms with E-state index < -0.39 is 23.4 Å². The molecule has 3 rings (SSSR count). The van der Waals surface area contributed by atoms with E-state index in [1.54, 1.807) is 10.6 Å². The number of piperidine rings is 1. The molecule has 0 spiro atoms. The molecule has 10 nitrogen and oxygen atoms in total. The molecule has 35 heavy (non-hydrogen) atoms. The van der Waals surface area contributed by atoms with Crippen LogP contribution >= 0.6 is 11.3 Å². The number of carbonyl (C=O) groups excluding carboxylic acids is 1. The van der Waals surface area contributed by atoms with Crippen molar-refractivity contribution in [3.05, 3.63) is 39.5 Å². The molecule has 0 radical (unpaired) electrons. The summed E-state index contributed by atoms with van der Waals surface area (Å²) in [5.41, 5.74) is -0.580. The number of nitrogens with one attached hydrogen (secondary N) is 1. The lowest BCUT2D eigenvalue weighted by molar-refractivity contribution is -0.134. The zero-order valence-corrected chi connectivity index (χ0v) is 20.1. The van der Waals surface area contributed by atoms with Crippen molar-refractivity contribution in [1.82, 2.24) is 14.8 Å². The minimum atomic E-state index is -1.26. The van der Waals surface area contributed by atoms with Crippen molar-refractivity contribution in [3.63, 3.8) is 0 Å². The van der Waals surface area contributed by atoms with Gasteiger partial charge >= 0.3 is 11.9 Å². The zero-order chi connectivity index (χ0) is 25.3. The minimum Gasteiger partial charge on any atom is -0.506 e. The van der Waals surface area contributed by atoms with Crippen LogP contribution in [0.25, 0.3) is 10.2 Å². The van der Waals surface area contributed by atoms with E-state index in [-0.39, 0.29) is 24.8 Å². The van der Waals surface area contributed by atoms with Crippen molar-refractivity contribution in [3.8, 4) is 5.75 Å². The monoisotopic (exact) mass is 509 g/mol. The first-order valence-electron chi connectivity index (χ1n) is 11.1. The maximum absolute atomic E-state index is 12.8. The van der Waals surface area contributed by atoms with Gasteiger partial charge in [-0.15, -0.1) is 11.3 Å². The van der Waals surface area contributed by atoms with Crippen LogP contribution in [0.4, 0.5) is 0 Å². The number of fused-ring (bicyclic) bond motifs is 1. The van der Waals surface area contributed by atoms with Gasteiger partial charge in [-0.25, -0.2) is 9.59 Å². The van der Waals surface area contributed by atoms with Gasteiger partial charge in [0.05, 0.1) is 5.39 Å². The minimum absolute atomic E-state index is 0. The summed E-state index contributed by atoms with van der Waals surface area (Å²) in [5.74, 6) is -3.22. The summed E-state index contributed by atoms with van der Waals surface area (Å²) in [6.45, 7) is 7.50. The third-order valence-electron chi connectivity index (χ3n) is 5.29. The Morgan fingerprint density at radius 2 is 1.71 bits per heavy atom. The Morgan fingerprint density at radius 1 is 1.11 bits per heavy atom. The van der Waals surface area contributed by atoms with Gasteiger partial charge in [-0.3, -0.25) is 14.2 Å². The molecule has 2 aromatic heterocycles. The summed E-state index contributed by atoms with van der Waals surface area (Å²) in [7, 11) is 0. The Labute approximate surface area is 208 Å². The number of aliphatic carboxylic acids is 2. The lowest BCUT2D eigenvalue weighted by Crippen LogP contribution is -2.36. The van der Waals surface area contributed by atoms with E-state index in [1.165, 1.54) is 30.6 Å². The number of amides is 1. The lowest BCUT2D eigenvalue weighted by Gasteiger charge is -2.26. The maximum atomic E-state index is 12.8. The average Bonchev–Trinajstić information content (AvgIpc) is 3.26. The molecule has 1 aliphatic heterocycles. The van der Waals surface area contributed by atoms with Gasteiger partial charge in [0.2, 0.25) is 0 Å². The number of carboxylic acids is 2. The first kappa shape index (κ1) is 29.9. The van der Waals surface area contributed by atoms with Gasteiger partial charge in [0.25, 0.3) is 11.5 Å². The van der Waals surface area contributed by atoms with Gasteiger partial charge in [0, 0.05) is 24.7 Å². The van der Waals surface area contributed by atoms with Crippen molar-refractivity contribution in [2.45, 2.75) is 53.0 Å². The third kappa shape index (κ3) is 8.52. The Bertz CT molecular complexity index is 1080. The molecular weight excluding hydrogens is 474 g/mol. The fourth-order valence-corrected chi connectivity index (χ4v) is 4.74. The summed E-state index contributed by atoms with van der Waals surface area (Å²) in [6.07, 6.45) is 5.75. The first-order valence-corrected chi connectivity index (χ1v) is 12.0. The number of carbonyl (C=O) groups is 3. The SMILES string of the molecule is C.CC(C)n1c(=O)c(C(=O)NCCCN2CCCCC2)c(O)c2ccsc21.O=C(O)/C=C\C(=O)O. The van der Waals surface area contributed by atoms with Crippen LogP contribution in [0, 0.1) is 0 Å². The van der Waals surface area contributed by atoms with E-state index in [0.717, 1.165) is 26.1 Å². The number of likely N-dealkylation sites (tertiary alicyclic amines) is 1. The summed E-state index contributed by atoms with van der Waals surface area (Å²) < 4.78 is 1.59. The number of pyridine rings is 1. The van der Waals surface area contributed by atoms with Gasteiger partial charge in [-0.1, -0.05) is 13.8 Å². The second-order valence-corrected chi connectivity index (χ2v) is 9.05. The van der Waals surface area contributed by atoms with Gasteiger partial charge in [-0.05, 0) is 64.2 Å². The summed E-state index contributed by atoms with van der Waals surface area (Å²) in [4.78, 5) is 47.6. The number of nitrogens with zero attached hydrogens (tertiary/aromatic N) is 2. The molecule has 1 aliphatic rings. The number of hydrogen-bond acceptors (Lipinski definition) is 7. The van der Waals surface area contributed by atoms with Crippen LogP contribution in [0.15, 0.2) is 28.4 Å². The normalized spacial score (nSPS) is 13.8. The van der Waals surface area contributed by atoms with Crippen LogP contribution in [0.3, 0.4) is 0 Å². The molecule has 1 amide bonds. The van der Waals surface area contributed by atoms with Crippen molar-refractivity contribution in [2.75, 3.05) is 26.2 Å². The molecule has 194 valence electrons. The molecule has 0 aromatic carbocycles. The summed E-state index contributed by atoms with van der Waals surface area (Å²) >= 11 is 1.39. The highest BCUT2D eigenvalue weighted by Crippen LogP contribution is 2.31. The predicted octanol–water partition coefficient (Wildman–Crippen LogP) is 3.30. The van der Waals surface area contributed by atoms with Crippen LogP contribution < -0.4 is 10.9 Å². The number of carboxylic acid groups (broad SMARTS) is 2. The Morgan fingerprint density at radius 3 is 2.26 bits per heavy atom. The number of aromatic nitrogens is 1. The van der Waals surface area contributed by atoms with Crippen molar-refractivity contribution < 1.29 is 29.7 Å². The molecule has 0 aliphatic carbocycles. The Balaban J connectivity index is 0.000000590. The average molecular weight is 510 g/mol. The largest absolute Gasteiger partial charge is 0.506 e. The van der Waals surface area contributed by atoms with E-state index in [0.29, 0.717) is 28.9 Å². The zero-order valence-electron chi connectivity index (χ0n) is 19.3. The molecule has 11 heteroatoms. The van der Waals surface area contributed by atoms with E-state index in [4.69, 9.17) is 10.2 Å². The summed E-state index contributed by atoms with van der Waals surface area (Å²) in [5, 5.41) is 31.3. The smallest absolute Gasteiger partial charge is 0.328 e. The highest BCUT2D eigenvalue weighted by molar-refractivity contribution is 7.16. The molecule has 0 saturated carbocycles. The second kappa shape index (κ2) is 14.3. The van der Waals surface area contributed by atoms with Crippen molar-refractivity contribution >= 4 is 39.4 Å². The third-order valence-corrected chi connectivity index (χ3v) is 6.20. The molecule has 3 heterocycles. The van der Waals surface area contributed by atoms with Gasteiger partial charge < -0.3 is 25.5 Å². The molecule has 1 fully saturated rings. The quantitative estimate of drug-likeness (QED) is 0.313. The van der Waals surface area contributed by atoms with Crippen LogP contribution in [-0.2, 0) is 9.59 Å². The first-order chi connectivity index (χ1) is 16.1. The van der Waals surface area contributed by atoms with Crippen molar-refractivity contribution in [2.24, 2.45) is 0 Å².